The van der Waals surface area contributed by atoms with Crippen LogP contribution in [0.4, 0.5) is 5.69 Å². The number of hydrogen-bond donors (Lipinski definition) is 2. The molecule has 38 valence electrons. The molecule has 1 rings (SSSR count). The third-order valence-corrected chi connectivity index (χ3v) is 1.36. The second-order valence-electron chi connectivity index (χ2n) is 1.22. The molecule has 0 atom stereocenters. The minimum atomic E-state index is 0.275. The van der Waals surface area contributed by atoms with Gasteiger partial charge in [0.2, 0.25) is 0 Å². The van der Waals surface area contributed by atoms with E-state index < -0.39 is 0 Å². The first-order valence-corrected chi connectivity index (χ1v) is 2.70. The van der Waals surface area contributed by atoms with E-state index in [9.17, 15) is 0 Å². The predicted octanol–water partition coefficient (Wildman–Crippen LogP) is 1.04. The molecule has 0 aromatic carbocycles. The van der Waals surface area contributed by atoms with Gasteiger partial charge in [0, 0.05) is 17.1 Å². The highest BCUT2D eigenvalue weighted by Crippen LogP contribution is 2.21. The van der Waals surface area contributed by atoms with Crippen LogP contribution in [0.15, 0.2) is 11.4 Å². The van der Waals surface area contributed by atoms with E-state index in [1.807, 2.05) is 0 Å². The molecular weight excluding hydrogens is 110 g/mol. The van der Waals surface area contributed by atoms with Gasteiger partial charge >= 0.3 is 0 Å². The van der Waals surface area contributed by atoms with Crippen LogP contribution in [0.25, 0.3) is 0 Å². The Balaban J connectivity index is 3.04. The summed E-state index contributed by atoms with van der Waals surface area (Å²) in [6, 6.07) is 1.52. The highest BCUT2D eigenvalue weighted by Gasteiger charge is 1.87. The molecule has 1 aromatic rings. The van der Waals surface area contributed by atoms with E-state index in [2.05, 4.69) is 0 Å². The maximum Gasteiger partial charge on any atom is 0.173 e. The molecule has 0 aliphatic heterocycles. The van der Waals surface area contributed by atoms with Gasteiger partial charge in [0.1, 0.15) is 0 Å². The third-order valence-electron chi connectivity index (χ3n) is 0.606. The fourth-order valence-electron chi connectivity index (χ4n) is 0.339. The Kier molecular flexibility index (Phi) is 0.906. The number of aromatic hydroxyl groups is 1. The van der Waals surface area contributed by atoms with Gasteiger partial charge in [0.05, 0.1) is 0 Å². The van der Waals surface area contributed by atoms with Gasteiger partial charge in [-0.25, -0.2) is 0 Å². The second-order valence-corrected chi connectivity index (χ2v) is 2.11. The van der Waals surface area contributed by atoms with Gasteiger partial charge in [0.25, 0.3) is 0 Å². The molecule has 0 saturated heterocycles. The van der Waals surface area contributed by atoms with E-state index in [-0.39, 0.29) is 5.06 Å². The molecule has 0 amide bonds. The summed E-state index contributed by atoms with van der Waals surface area (Å²) in [4.78, 5) is 0. The predicted molar refractivity (Wildman–Crippen MR) is 30.4 cm³/mol. The van der Waals surface area contributed by atoms with Gasteiger partial charge in [0.15, 0.2) is 5.06 Å². The van der Waals surface area contributed by atoms with E-state index in [4.69, 9.17) is 10.8 Å². The zero-order valence-corrected chi connectivity index (χ0v) is 4.40. The topological polar surface area (TPSA) is 46.2 Å². The molecule has 0 aliphatic carbocycles. The van der Waals surface area contributed by atoms with Crippen LogP contribution in [0.3, 0.4) is 0 Å². The molecule has 3 N–H and O–H groups in total. The SMILES string of the molecule is Nc1csc(O)c1. The highest BCUT2D eigenvalue weighted by atomic mass is 32.1. The fraction of sp³-hybridized carbons (Fsp3) is 0. The first-order valence-electron chi connectivity index (χ1n) is 1.82. The number of hydrogen-bond acceptors (Lipinski definition) is 3. The van der Waals surface area contributed by atoms with E-state index in [1.54, 1.807) is 5.38 Å². The molecule has 3 heteroatoms. The molecule has 0 radical (unpaired) electrons. The van der Waals surface area contributed by atoms with Crippen molar-refractivity contribution in [2.24, 2.45) is 0 Å². The minimum Gasteiger partial charge on any atom is -0.499 e. The van der Waals surface area contributed by atoms with E-state index in [1.165, 1.54) is 17.4 Å². The maximum absolute atomic E-state index is 8.59. The zero-order valence-electron chi connectivity index (χ0n) is 3.59. The lowest BCUT2D eigenvalue weighted by Crippen LogP contribution is -1.74. The van der Waals surface area contributed by atoms with Gasteiger partial charge in [-0.05, 0) is 0 Å². The molecular formula is C4H5NOS. The molecule has 0 unspecified atom stereocenters. The van der Waals surface area contributed by atoms with Crippen molar-refractivity contribution < 1.29 is 5.11 Å². The molecule has 1 heterocycles. The van der Waals surface area contributed by atoms with Crippen LogP contribution in [0, 0.1) is 0 Å². The standard InChI is InChI=1S/C4H5NOS/c5-3-1-4(6)7-2-3/h1-2,6H,5H2. The first kappa shape index (κ1) is 4.46. The summed E-state index contributed by atoms with van der Waals surface area (Å²) in [5.74, 6) is 0. The average Bonchev–Trinajstić information content (AvgIpc) is 1.87. The Morgan fingerprint density at radius 2 is 2.43 bits per heavy atom. The molecule has 0 aliphatic rings. The first-order chi connectivity index (χ1) is 3.29. The van der Waals surface area contributed by atoms with Crippen LogP contribution in [-0.2, 0) is 0 Å². The van der Waals surface area contributed by atoms with E-state index in [0.717, 1.165) is 0 Å². The van der Waals surface area contributed by atoms with Gasteiger partial charge in [-0.1, -0.05) is 0 Å². The lowest BCUT2D eigenvalue weighted by atomic mass is 10.6. The molecule has 0 fully saturated rings. The van der Waals surface area contributed by atoms with Crippen molar-refractivity contribution >= 4 is 17.0 Å². The number of thiophene rings is 1. The number of nitrogen functional groups attached to an aromatic ring is 1. The molecule has 0 spiro atoms. The van der Waals surface area contributed by atoms with Crippen LogP contribution >= 0.6 is 11.3 Å². The minimum absolute atomic E-state index is 0.275. The molecule has 1 aromatic heterocycles. The normalized spacial score (nSPS) is 9.14. The molecule has 0 bridgehead atoms. The summed E-state index contributed by atoms with van der Waals surface area (Å²) in [7, 11) is 0. The molecule has 2 nitrogen and oxygen atoms in total. The van der Waals surface area contributed by atoms with E-state index in [0.29, 0.717) is 5.69 Å². The number of rotatable bonds is 0. The van der Waals surface area contributed by atoms with Crippen LogP contribution in [0.1, 0.15) is 0 Å². The zero-order chi connectivity index (χ0) is 5.28. The average molecular weight is 115 g/mol. The van der Waals surface area contributed by atoms with Gasteiger partial charge in [-0.15, -0.1) is 11.3 Å². The Hall–Kier alpha value is -0.700. The quantitative estimate of drug-likeness (QED) is 0.530. The summed E-state index contributed by atoms with van der Waals surface area (Å²) in [6.07, 6.45) is 0. The van der Waals surface area contributed by atoms with Crippen LogP contribution in [-0.4, -0.2) is 5.11 Å². The molecule has 7 heavy (non-hydrogen) atoms. The summed E-state index contributed by atoms with van der Waals surface area (Å²) >= 11 is 1.23. The highest BCUT2D eigenvalue weighted by molar-refractivity contribution is 7.12. The van der Waals surface area contributed by atoms with Crippen molar-refractivity contribution in [1.29, 1.82) is 0 Å². The largest absolute Gasteiger partial charge is 0.499 e. The Morgan fingerprint density at radius 1 is 1.71 bits per heavy atom. The summed E-state index contributed by atoms with van der Waals surface area (Å²) in [5, 5.41) is 10.6. The van der Waals surface area contributed by atoms with Crippen molar-refractivity contribution in [2.75, 3.05) is 5.73 Å². The lowest BCUT2D eigenvalue weighted by molar-refractivity contribution is 0.491. The Morgan fingerprint density at radius 3 is 2.57 bits per heavy atom. The van der Waals surface area contributed by atoms with Crippen molar-refractivity contribution in [3.63, 3.8) is 0 Å². The maximum atomic E-state index is 8.59. The smallest absolute Gasteiger partial charge is 0.173 e. The van der Waals surface area contributed by atoms with Crippen molar-refractivity contribution in [3.8, 4) is 5.06 Å². The van der Waals surface area contributed by atoms with Crippen LogP contribution in [0.2, 0.25) is 0 Å². The van der Waals surface area contributed by atoms with Crippen molar-refractivity contribution in [3.05, 3.63) is 11.4 Å². The number of nitrogens with two attached hydrogens (primary N) is 1. The lowest BCUT2D eigenvalue weighted by Gasteiger charge is -1.72. The van der Waals surface area contributed by atoms with Crippen LogP contribution < -0.4 is 5.73 Å². The summed E-state index contributed by atoms with van der Waals surface area (Å²) in [5.41, 5.74) is 5.86. The fourth-order valence-corrected chi connectivity index (χ4v) is 0.868. The Bertz CT molecular complexity index is 144. The summed E-state index contributed by atoms with van der Waals surface area (Å²) in [6.45, 7) is 0. The molecule has 0 saturated carbocycles. The second kappa shape index (κ2) is 1.42. The Labute approximate surface area is 45.2 Å². The van der Waals surface area contributed by atoms with Gasteiger partial charge in [-0.3, -0.25) is 0 Å². The third kappa shape index (κ3) is 0.838. The van der Waals surface area contributed by atoms with Crippen molar-refractivity contribution in [2.45, 2.75) is 0 Å². The van der Waals surface area contributed by atoms with E-state index >= 15 is 0 Å². The monoisotopic (exact) mass is 115 g/mol. The van der Waals surface area contributed by atoms with Gasteiger partial charge in [-0.2, -0.15) is 0 Å². The van der Waals surface area contributed by atoms with Crippen molar-refractivity contribution in [1.82, 2.24) is 0 Å². The van der Waals surface area contributed by atoms with Gasteiger partial charge < -0.3 is 10.8 Å². The summed E-state index contributed by atoms with van der Waals surface area (Å²) < 4.78 is 0. The number of anilines is 1. The van der Waals surface area contributed by atoms with Crippen LogP contribution in [0.5, 0.6) is 5.06 Å².